The van der Waals surface area contributed by atoms with Gasteiger partial charge in [-0.1, -0.05) is 75.6 Å². The Bertz CT molecular complexity index is 1080. The molecule has 4 nitrogen and oxygen atoms in total. The second kappa shape index (κ2) is 16.3. The fourth-order valence-corrected chi connectivity index (χ4v) is 6.64. The quantitative estimate of drug-likeness (QED) is 0.131. The van der Waals surface area contributed by atoms with Crippen LogP contribution in [0.4, 0.5) is 26.3 Å². The molecule has 2 saturated carbocycles. The van der Waals surface area contributed by atoms with Gasteiger partial charge in [0.05, 0.1) is 0 Å². The summed E-state index contributed by atoms with van der Waals surface area (Å²) in [4.78, 5) is 23.7. The molecule has 10 heteroatoms. The molecule has 0 radical (unpaired) electrons. The topological polar surface area (TPSA) is 63.6 Å². The molecule has 4 atom stereocenters. The van der Waals surface area contributed by atoms with Crippen LogP contribution in [-0.4, -0.2) is 40.9 Å². The number of Topliss-reactive ketones (excluding diaryl/α,β-unsaturated/α-hetero) is 1. The molecule has 0 spiro atoms. The van der Waals surface area contributed by atoms with Crippen molar-refractivity contribution < 1.29 is 45.8 Å². The lowest BCUT2D eigenvalue weighted by atomic mass is 9.69. The van der Waals surface area contributed by atoms with Crippen LogP contribution in [-0.2, 0) is 14.3 Å². The molecule has 3 rings (SSSR count). The lowest BCUT2D eigenvalue weighted by molar-refractivity contribution is -0.347. The van der Waals surface area contributed by atoms with Gasteiger partial charge in [-0.05, 0) is 82.1 Å². The summed E-state index contributed by atoms with van der Waals surface area (Å²) in [6.07, 6.45) is 1.93. The molecule has 44 heavy (non-hydrogen) atoms. The molecular formula is C34H50F6O4. The van der Waals surface area contributed by atoms with Crippen LogP contribution in [0.3, 0.4) is 0 Å². The monoisotopic (exact) mass is 636 g/mol. The number of halogens is 6. The summed E-state index contributed by atoms with van der Waals surface area (Å²) < 4.78 is 83.4. The van der Waals surface area contributed by atoms with Gasteiger partial charge in [-0.3, -0.25) is 9.59 Å². The molecule has 3 aliphatic rings. The Morgan fingerprint density at radius 3 is 2.25 bits per heavy atom. The van der Waals surface area contributed by atoms with Gasteiger partial charge in [0.25, 0.3) is 5.60 Å². The second-order valence-corrected chi connectivity index (χ2v) is 11.9. The summed E-state index contributed by atoms with van der Waals surface area (Å²) in [7, 11) is 0. The lowest BCUT2D eigenvalue weighted by Gasteiger charge is -2.35. The van der Waals surface area contributed by atoms with E-state index in [4.69, 9.17) is 4.74 Å². The van der Waals surface area contributed by atoms with Crippen molar-refractivity contribution >= 4 is 11.8 Å². The summed E-state index contributed by atoms with van der Waals surface area (Å²) in [5, 5.41) is 9.37. The summed E-state index contributed by atoms with van der Waals surface area (Å²) in [6.45, 7) is 9.04. The molecule has 252 valence electrons. The number of ketones is 1. The molecular weight excluding hydrogens is 586 g/mol. The Morgan fingerprint density at radius 1 is 1.05 bits per heavy atom. The van der Waals surface area contributed by atoms with Crippen molar-refractivity contribution in [1.82, 2.24) is 0 Å². The van der Waals surface area contributed by atoms with Crippen LogP contribution in [0, 0.1) is 17.3 Å². The number of allylic oxidation sites excluding steroid dienone is 6. The maximum Gasteiger partial charge on any atom is 0.429 e. The van der Waals surface area contributed by atoms with Crippen LogP contribution in [0.25, 0.3) is 0 Å². The molecule has 0 amide bonds. The number of carbonyl (C=O) groups excluding carboxylic acids is 2. The fraction of sp³-hybridized carbons (Fsp3) is 0.706. The van der Waals surface area contributed by atoms with E-state index in [0.717, 1.165) is 55.7 Å². The minimum Gasteiger partial charge on any atom is -0.462 e. The third-order valence-corrected chi connectivity index (χ3v) is 9.06. The average molecular weight is 637 g/mol. The van der Waals surface area contributed by atoms with E-state index in [9.17, 15) is 41.0 Å². The summed E-state index contributed by atoms with van der Waals surface area (Å²) in [6, 6.07) is 0. The average Bonchev–Trinajstić information content (AvgIpc) is 3.02. The van der Waals surface area contributed by atoms with Gasteiger partial charge >= 0.3 is 18.3 Å². The van der Waals surface area contributed by atoms with Gasteiger partial charge < -0.3 is 9.84 Å². The summed E-state index contributed by atoms with van der Waals surface area (Å²) >= 11 is 0. The zero-order valence-corrected chi connectivity index (χ0v) is 25.8. The first-order chi connectivity index (χ1) is 20.0. The zero-order chi connectivity index (χ0) is 32.6. The standard InChI is InChI=1S/C31H40F6O4.C2H6.CH4/c1-20(38)24-13-11-22(18-26(19-24)41-21(2)39)10-12-23-8-4-6-16-28(3)25(14-15-27(23)28)9-5-7-17-29(40,30(32,33)34)31(35,36)37;1-2;/h7,10,12,14,17,24,26-27,40H,4-6,8-9,11,13,15-16,18-19H2,1-3H3;1-2H3;1H4/b17-7-,22-10-,23-12+;;/t24?,26-,27?,28-;;/m1../s1. The number of hydrogen-bond donors (Lipinski definition) is 1. The normalized spacial score (nSPS) is 28.3. The number of ether oxygens (including phenoxy) is 1. The highest BCUT2D eigenvalue weighted by Gasteiger charge is 2.68. The number of hydrogen-bond acceptors (Lipinski definition) is 4. The van der Waals surface area contributed by atoms with Crippen molar-refractivity contribution in [2.24, 2.45) is 17.3 Å². The van der Waals surface area contributed by atoms with Crippen molar-refractivity contribution in [3.05, 3.63) is 47.1 Å². The van der Waals surface area contributed by atoms with Crippen molar-refractivity contribution in [3.63, 3.8) is 0 Å². The Hall–Kier alpha value is -2.36. The van der Waals surface area contributed by atoms with Crippen LogP contribution in [0.1, 0.15) is 113 Å². The third-order valence-electron chi connectivity index (χ3n) is 9.06. The number of carbonyl (C=O) groups is 2. The minimum absolute atomic E-state index is 0. The highest BCUT2D eigenvalue weighted by Crippen LogP contribution is 2.54. The largest absolute Gasteiger partial charge is 0.462 e. The van der Waals surface area contributed by atoms with E-state index >= 15 is 0 Å². The molecule has 0 aromatic heterocycles. The van der Waals surface area contributed by atoms with Crippen molar-refractivity contribution in [2.75, 3.05) is 0 Å². The predicted octanol–water partition coefficient (Wildman–Crippen LogP) is 9.93. The Kier molecular flexibility index (Phi) is 14.7. The molecule has 0 heterocycles. The van der Waals surface area contributed by atoms with E-state index in [-0.39, 0.29) is 55.0 Å². The Morgan fingerprint density at radius 2 is 1.68 bits per heavy atom. The van der Waals surface area contributed by atoms with Crippen LogP contribution in [0.2, 0.25) is 0 Å². The van der Waals surface area contributed by atoms with E-state index < -0.39 is 18.0 Å². The molecule has 2 unspecified atom stereocenters. The van der Waals surface area contributed by atoms with E-state index in [2.05, 4.69) is 25.2 Å². The van der Waals surface area contributed by atoms with Gasteiger partial charge in [-0.15, -0.1) is 0 Å². The van der Waals surface area contributed by atoms with Gasteiger partial charge in [-0.2, -0.15) is 26.3 Å². The van der Waals surface area contributed by atoms with Gasteiger partial charge in [0, 0.05) is 19.3 Å². The first kappa shape index (κ1) is 39.7. The highest BCUT2D eigenvalue weighted by molar-refractivity contribution is 5.78. The lowest BCUT2D eigenvalue weighted by Crippen LogP contribution is -2.55. The maximum absolute atomic E-state index is 13.0. The SMILES string of the molecule is C.CC.CC(=O)O[C@@H]1C/C(=C\C=C2/CCCC[C@]3(C)C(CC/C=C\C(O)(C(F)(F)F)C(F)(F)F)=CCC23)CCC(C(C)=O)C1. The van der Waals surface area contributed by atoms with E-state index in [1.807, 2.05) is 13.8 Å². The molecule has 2 fully saturated rings. The second-order valence-electron chi connectivity index (χ2n) is 11.9. The van der Waals surface area contributed by atoms with Crippen LogP contribution in [0.5, 0.6) is 0 Å². The van der Waals surface area contributed by atoms with E-state index in [0.29, 0.717) is 25.7 Å². The first-order valence-corrected chi connectivity index (χ1v) is 15.3. The van der Waals surface area contributed by atoms with Crippen LogP contribution in [0.15, 0.2) is 47.1 Å². The number of rotatable bonds is 7. The van der Waals surface area contributed by atoms with Gasteiger partial charge in [0.15, 0.2) is 0 Å². The maximum atomic E-state index is 13.0. The fourth-order valence-electron chi connectivity index (χ4n) is 6.64. The Balaban J connectivity index is 0.00000316. The van der Waals surface area contributed by atoms with Gasteiger partial charge in [-0.25, -0.2) is 0 Å². The Labute approximate surface area is 258 Å². The highest BCUT2D eigenvalue weighted by atomic mass is 19.4. The number of aliphatic hydroxyl groups is 1. The van der Waals surface area contributed by atoms with Gasteiger partial charge in [0.1, 0.15) is 11.9 Å². The smallest absolute Gasteiger partial charge is 0.429 e. The van der Waals surface area contributed by atoms with E-state index in [1.165, 1.54) is 12.5 Å². The van der Waals surface area contributed by atoms with Crippen molar-refractivity contribution in [1.29, 1.82) is 0 Å². The van der Waals surface area contributed by atoms with Crippen molar-refractivity contribution in [2.45, 2.75) is 137 Å². The summed E-state index contributed by atoms with van der Waals surface area (Å²) in [5.74, 6) is -0.277. The number of esters is 1. The molecule has 0 saturated heterocycles. The van der Waals surface area contributed by atoms with Crippen molar-refractivity contribution in [3.8, 4) is 0 Å². The zero-order valence-electron chi connectivity index (χ0n) is 25.8. The number of alkyl halides is 6. The molecule has 1 N–H and O–H groups in total. The molecule has 0 bridgehead atoms. The van der Waals surface area contributed by atoms with E-state index in [1.54, 1.807) is 6.92 Å². The molecule has 3 aliphatic carbocycles. The van der Waals surface area contributed by atoms with Crippen LogP contribution >= 0.6 is 0 Å². The van der Waals surface area contributed by atoms with Gasteiger partial charge in [0.2, 0.25) is 0 Å². The minimum atomic E-state index is -5.87. The summed E-state index contributed by atoms with van der Waals surface area (Å²) in [5.41, 5.74) is -1.76. The molecule has 0 aromatic carbocycles. The predicted molar refractivity (Wildman–Crippen MR) is 161 cm³/mol. The first-order valence-electron chi connectivity index (χ1n) is 15.3. The third kappa shape index (κ3) is 9.57. The molecule has 0 aromatic rings. The molecule has 0 aliphatic heterocycles. The van der Waals surface area contributed by atoms with Crippen LogP contribution < -0.4 is 0 Å². The number of fused-ring (bicyclic) bond motifs is 1.